The molecule has 0 spiro atoms. The molecule has 0 aliphatic carbocycles. The molecule has 0 fully saturated rings. The van der Waals surface area contributed by atoms with Crippen molar-refractivity contribution in [3.63, 3.8) is 0 Å². The van der Waals surface area contributed by atoms with Crippen LogP contribution in [0.5, 0.6) is 5.75 Å². The number of nitrogens with one attached hydrogen (secondary N) is 1. The van der Waals surface area contributed by atoms with Crippen LogP contribution >= 0.6 is 11.3 Å². The number of hydrogen-bond donors (Lipinski definition) is 1. The molecule has 0 unspecified atom stereocenters. The molecule has 4 nitrogen and oxygen atoms in total. The molecule has 150 valence electrons. The molecular weight excluding hydrogens is 401 g/mol. The van der Waals surface area contributed by atoms with Crippen molar-refractivity contribution in [1.29, 1.82) is 0 Å². The number of amides is 1. The Balaban J connectivity index is 1.64. The standard InChI is InChI=1S/C21H17F3N2O2S/c1-3-12-28-15-6-4-14(5-7-15)10-11-25-19(27)18-13(2)16-8-9-17(21(22,23)24)26-20(16)29-18/h1,4-9H,10-12H2,2H3,(H,25,27). The minimum atomic E-state index is -4.52. The van der Waals surface area contributed by atoms with Gasteiger partial charge in [0.25, 0.3) is 5.91 Å². The monoisotopic (exact) mass is 418 g/mol. The normalized spacial score (nSPS) is 11.3. The Kier molecular flexibility index (Phi) is 6.09. The molecule has 0 aliphatic rings. The lowest BCUT2D eigenvalue weighted by atomic mass is 10.1. The van der Waals surface area contributed by atoms with Gasteiger partial charge in [0.1, 0.15) is 22.9 Å². The van der Waals surface area contributed by atoms with Crippen molar-refractivity contribution < 1.29 is 22.7 Å². The summed E-state index contributed by atoms with van der Waals surface area (Å²) < 4.78 is 43.8. The summed E-state index contributed by atoms with van der Waals surface area (Å²) in [5.74, 6) is 2.73. The van der Waals surface area contributed by atoms with Crippen molar-refractivity contribution in [1.82, 2.24) is 10.3 Å². The highest BCUT2D eigenvalue weighted by molar-refractivity contribution is 7.20. The summed E-state index contributed by atoms with van der Waals surface area (Å²) in [6, 6.07) is 9.65. The fraction of sp³-hybridized carbons (Fsp3) is 0.238. The van der Waals surface area contributed by atoms with E-state index in [1.165, 1.54) is 6.07 Å². The van der Waals surface area contributed by atoms with Gasteiger partial charge in [0.15, 0.2) is 0 Å². The summed E-state index contributed by atoms with van der Waals surface area (Å²) in [5, 5.41) is 3.36. The number of benzene rings is 1. The number of alkyl halides is 3. The average Bonchev–Trinajstić information content (AvgIpc) is 3.03. The second kappa shape index (κ2) is 8.53. The SMILES string of the molecule is C#CCOc1ccc(CCNC(=O)c2sc3nc(C(F)(F)F)ccc3c2C)cc1. The fourth-order valence-electron chi connectivity index (χ4n) is 2.75. The van der Waals surface area contributed by atoms with Gasteiger partial charge in [-0.15, -0.1) is 17.8 Å². The van der Waals surface area contributed by atoms with E-state index in [0.29, 0.717) is 34.5 Å². The van der Waals surface area contributed by atoms with Crippen molar-refractivity contribution in [2.45, 2.75) is 19.5 Å². The van der Waals surface area contributed by atoms with Crippen LogP contribution in [0, 0.1) is 19.3 Å². The lowest BCUT2D eigenvalue weighted by Crippen LogP contribution is -2.25. The van der Waals surface area contributed by atoms with Gasteiger partial charge in [-0.05, 0) is 48.7 Å². The predicted octanol–water partition coefficient (Wildman–Crippen LogP) is 4.61. The van der Waals surface area contributed by atoms with Crippen molar-refractivity contribution in [3.05, 3.63) is 58.1 Å². The number of halogens is 3. The van der Waals surface area contributed by atoms with E-state index in [1.54, 1.807) is 19.1 Å². The van der Waals surface area contributed by atoms with Crippen LogP contribution in [0.2, 0.25) is 0 Å². The summed E-state index contributed by atoms with van der Waals surface area (Å²) in [7, 11) is 0. The molecule has 0 radical (unpaired) electrons. The quantitative estimate of drug-likeness (QED) is 0.595. The molecule has 2 aromatic heterocycles. The van der Waals surface area contributed by atoms with Crippen LogP contribution in [0.1, 0.15) is 26.5 Å². The van der Waals surface area contributed by atoms with E-state index in [1.807, 2.05) is 12.1 Å². The maximum atomic E-state index is 12.8. The van der Waals surface area contributed by atoms with Gasteiger partial charge in [-0.1, -0.05) is 18.1 Å². The zero-order valence-electron chi connectivity index (χ0n) is 15.5. The summed E-state index contributed by atoms with van der Waals surface area (Å²) >= 11 is 0.962. The molecule has 1 N–H and O–H groups in total. The second-order valence-electron chi connectivity index (χ2n) is 6.25. The first-order valence-electron chi connectivity index (χ1n) is 8.70. The van der Waals surface area contributed by atoms with Gasteiger partial charge in [-0.25, -0.2) is 4.98 Å². The molecule has 3 aromatic rings. The summed E-state index contributed by atoms with van der Waals surface area (Å²) in [6.45, 7) is 2.29. The Hall–Kier alpha value is -3.05. The first-order valence-corrected chi connectivity index (χ1v) is 9.52. The van der Waals surface area contributed by atoms with Crippen LogP contribution in [0.4, 0.5) is 13.2 Å². The van der Waals surface area contributed by atoms with Gasteiger partial charge >= 0.3 is 6.18 Å². The highest BCUT2D eigenvalue weighted by atomic mass is 32.1. The number of aryl methyl sites for hydroxylation is 1. The van der Waals surface area contributed by atoms with Crippen molar-refractivity contribution in [2.75, 3.05) is 13.2 Å². The molecule has 1 aromatic carbocycles. The number of pyridine rings is 1. The number of fused-ring (bicyclic) bond motifs is 1. The number of thiophene rings is 1. The number of carbonyl (C=O) groups is 1. The van der Waals surface area contributed by atoms with E-state index in [-0.39, 0.29) is 17.3 Å². The lowest BCUT2D eigenvalue weighted by Gasteiger charge is -2.06. The molecule has 1 amide bonds. The van der Waals surface area contributed by atoms with E-state index < -0.39 is 11.9 Å². The maximum absolute atomic E-state index is 12.8. The Bertz CT molecular complexity index is 1070. The molecule has 8 heteroatoms. The van der Waals surface area contributed by atoms with E-state index >= 15 is 0 Å². The average molecular weight is 418 g/mol. The smallest absolute Gasteiger partial charge is 0.433 e. The third-order valence-corrected chi connectivity index (χ3v) is 5.45. The molecule has 0 aliphatic heterocycles. The van der Waals surface area contributed by atoms with E-state index in [9.17, 15) is 18.0 Å². The van der Waals surface area contributed by atoms with Crippen LogP contribution < -0.4 is 10.1 Å². The highest BCUT2D eigenvalue weighted by Crippen LogP contribution is 2.34. The van der Waals surface area contributed by atoms with E-state index in [0.717, 1.165) is 23.0 Å². The Labute approximate surface area is 169 Å². The molecule has 0 atom stereocenters. The summed E-state index contributed by atoms with van der Waals surface area (Å²) in [6.07, 6.45) is 1.22. The Morgan fingerprint density at radius 2 is 1.97 bits per heavy atom. The molecule has 0 saturated carbocycles. The number of rotatable bonds is 6. The van der Waals surface area contributed by atoms with Gasteiger partial charge in [0.2, 0.25) is 0 Å². The van der Waals surface area contributed by atoms with Crippen LogP contribution in [0.15, 0.2) is 36.4 Å². The summed E-state index contributed by atoms with van der Waals surface area (Å²) in [5.41, 5.74) is 0.662. The molecular formula is C21H17F3N2O2S. The number of carbonyl (C=O) groups excluding carboxylic acids is 1. The first-order chi connectivity index (χ1) is 13.8. The zero-order chi connectivity index (χ0) is 21.0. The maximum Gasteiger partial charge on any atom is 0.433 e. The first kappa shape index (κ1) is 20.7. The van der Waals surface area contributed by atoms with Crippen LogP contribution in [-0.2, 0) is 12.6 Å². The number of ether oxygens (including phenoxy) is 1. The Morgan fingerprint density at radius 3 is 2.62 bits per heavy atom. The van der Waals surface area contributed by atoms with E-state index in [2.05, 4.69) is 16.2 Å². The van der Waals surface area contributed by atoms with Crippen molar-refractivity contribution >= 4 is 27.5 Å². The topological polar surface area (TPSA) is 51.2 Å². The minimum absolute atomic E-state index is 0.198. The van der Waals surface area contributed by atoms with Crippen LogP contribution in [0.25, 0.3) is 10.2 Å². The van der Waals surface area contributed by atoms with Gasteiger partial charge in [0, 0.05) is 11.9 Å². The third kappa shape index (κ3) is 4.87. The molecule has 3 rings (SSSR count). The second-order valence-corrected chi connectivity index (χ2v) is 7.24. The highest BCUT2D eigenvalue weighted by Gasteiger charge is 2.33. The van der Waals surface area contributed by atoms with Crippen molar-refractivity contribution in [3.8, 4) is 18.1 Å². The largest absolute Gasteiger partial charge is 0.481 e. The van der Waals surface area contributed by atoms with Crippen molar-refractivity contribution in [2.24, 2.45) is 0 Å². The van der Waals surface area contributed by atoms with Gasteiger partial charge in [0.05, 0.1) is 4.88 Å². The van der Waals surface area contributed by atoms with E-state index in [4.69, 9.17) is 11.2 Å². The molecule has 0 saturated heterocycles. The van der Waals surface area contributed by atoms with Gasteiger partial charge in [-0.3, -0.25) is 4.79 Å². The Morgan fingerprint density at radius 1 is 1.24 bits per heavy atom. The summed E-state index contributed by atoms with van der Waals surface area (Å²) in [4.78, 5) is 16.7. The lowest BCUT2D eigenvalue weighted by molar-refractivity contribution is -0.140. The molecule has 29 heavy (non-hydrogen) atoms. The van der Waals surface area contributed by atoms with Crippen LogP contribution in [-0.4, -0.2) is 24.0 Å². The number of hydrogen-bond acceptors (Lipinski definition) is 4. The fourth-order valence-corrected chi connectivity index (χ4v) is 3.85. The number of terminal acetylenes is 1. The molecule has 0 bridgehead atoms. The third-order valence-electron chi connectivity index (χ3n) is 4.25. The van der Waals surface area contributed by atoms with Crippen LogP contribution in [0.3, 0.4) is 0 Å². The minimum Gasteiger partial charge on any atom is -0.481 e. The predicted molar refractivity (Wildman–Crippen MR) is 106 cm³/mol. The molecule has 2 heterocycles. The van der Waals surface area contributed by atoms with Gasteiger partial charge < -0.3 is 10.1 Å². The zero-order valence-corrected chi connectivity index (χ0v) is 16.3. The van der Waals surface area contributed by atoms with Gasteiger partial charge in [-0.2, -0.15) is 13.2 Å². The number of aromatic nitrogens is 1. The number of nitrogens with zero attached hydrogens (tertiary/aromatic N) is 1.